The van der Waals surface area contributed by atoms with Gasteiger partial charge in [-0.15, -0.1) is 0 Å². The third-order valence-electron chi connectivity index (χ3n) is 2.87. The van der Waals surface area contributed by atoms with E-state index < -0.39 is 5.97 Å². The summed E-state index contributed by atoms with van der Waals surface area (Å²) in [5.74, 6) is -0.791. The van der Waals surface area contributed by atoms with Gasteiger partial charge in [-0.2, -0.15) is 0 Å². The van der Waals surface area contributed by atoms with Crippen molar-refractivity contribution in [3.63, 3.8) is 0 Å². The minimum absolute atomic E-state index is 0.217. The first-order chi connectivity index (χ1) is 9.38. The Morgan fingerprint density at radius 1 is 1.30 bits per heavy atom. The lowest BCUT2D eigenvalue weighted by atomic mass is 10.0. The lowest BCUT2D eigenvalue weighted by molar-refractivity contribution is -0.131. The zero-order valence-corrected chi connectivity index (χ0v) is 12.5. The molecule has 1 aromatic heterocycles. The summed E-state index contributed by atoms with van der Waals surface area (Å²) in [5, 5.41) is 10.5. The van der Waals surface area contributed by atoms with E-state index in [4.69, 9.17) is 28.3 Å². The van der Waals surface area contributed by atoms with Crippen LogP contribution in [0.2, 0.25) is 10.0 Å². The number of carboxylic acids is 1. The number of pyridine rings is 1. The van der Waals surface area contributed by atoms with Crippen molar-refractivity contribution in [3.8, 4) is 0 Å². The van der Waals surface area contributed by atoms with Gasteiger partial charge in [0.25, 0.3) is 0 Å². The van der Waals surface area contributed by atoms with Crippen LogP contribution in [-0.4, -0.2) is 16.1 Å². The number of benzene rings is 1. The molecular formula is C15H13Cl2NO2. The topological polar surface area (TPSA) is 50.2 Å². The van der Waals surface area contributed by atoms with Crippen molar-refractivity contribution in [2.45, 2.75) is 19.8 Å². The summed E-state index contributed by atoms with van der Waals surface area (Å²) in [6, 6.07) is 5.21. The van der Waals surface area contributed by atoms with Gasteiger partial charge in [-0.25, -0.2) is 4.79 Å². The first-order valence-corrected chi connectivity index (χ1v) is 6.84. The molecule has 2 aromatic rings. The van der Waals surface area contributed by atoms with Crippen molar-refractivity contribution in [2.75, 3.05) is 0 Å². The molecule has 1 heterocycles. The maximum atomic E-state index is 10.7. The number of carbonyl (C=O) groups is 1. The van der Waals surface area contributed by atoms with Crippen LogP contribution in [-0.2, 0) is 4.79 Å². The number of nitrogens with zero attached hydrogens (tertiary/aromatic N) is 1. The molecule has 0 atom stereocenters. The van der Waals surface area contributed by atoms with Gasteiger partial charge in [-0.3, -0.25) is 4.98 Å². The van der Waals surface area contributed by atoms with E-state index in [1.54, 1.807) is 12.1 Å². The maximum absolute atomic E-state index is 10.7. The van der Waals surface area contributed by atoms with Gasteiger partial charge >= 0.3 is 5.97 Å². The van der Waals surface area contributed by atoms with Crippen LogP contribution >= 0.6 is 23.2 Å². The third kappa shape index (κ3) is 3.11. The van der Waals surface area contributed by atoms with Crippen LogP contribution in [0.1, 0.15) is 31.0 Å². The summed E-state index contributed by atoms with van der Waals surface area (Å²) in [6.07, 6.45) is 2.61. The highest BCUT2D eigenvalue weighted by Crippen LogP contribution is 2.32. The molecule has 0 bridgehead atoms. The Balaban J connectivity index is 2.78. The second-order valence-electron chi connectivity index (χ2n) is 4.74. The fourth-order valence-electron chi connectivity index (χ4n) is 1.93. The van der Waals surface area contributed by atoms with E-state index in [-0.39, 0.29) is 5.92 Å². The maximum Gasteiger partial charge on any atom is 0.328 e. The van der Waals surface area contributed by atoms with E-state index in [9.17, 15) is 4.79 Å². The van der Waals surface area contributed by atoms with E-state index >= 15 is 0 Å². The highest BCUT2D eigenvalue weighted by molar-refractivity contribution is 6.39. The molecular weight excluding hydrogens is 297 g/mol. The van der Waals surface area contributed by atoms with Gasteiger partial charge in [0, 0.05) is 22.2 Å². The van der Waals surface area contributed by atoms with Gasteiger partial charge in [0.15, 0.2) is 0 Å². The van der Waals surface area contributed by atoms with Crippen LogP contribution in [0.25, 0.3) is 17.0 Å². The molecule has 2 rings (SSSR count). The van der Waals surface area contributed by atoms with Crippen LogP contribution in [0, 0.1) is 0 Å². The molecule has 0 aliphatic carbocycles. The minimum atomic E-state index is -1.01. The summed E-state index contributed by atoms with van der Waals surface area (Å²) in [7, 11) is 0. The van der Waals surface area contributed by atoms with Crippen molar-refractivity contribution in [1.29, 1.82) is 0 Å². The molecule has 104 valence electrons. The van der Waals surface area contributed by atoms with Crippen molar-refractivity contribution in [1.82, 2.24) is 4.98 Å². The molecule has 1 aromatic carbocycles. The van der Waals surface area contributed by atoms with Crippen LogP contribution in [0.15, 0.2) is 24.3 Å². The Kier molecular flexibility index (Phi) is 4.31. The summed E-state index contributed by atoms with van der Waals surface area (Å²) < 4.78 is 0. The summed E-state index contributed by atoms with van der Waals surface area (Å²) in [4.78, 5) is 15.2. The minimum Gasteiger partial charge on any atom is -0.478 e. The lowest BCUT2D eigenvalue weighted by Crippen LogP contribution is -1.96. The van der Waals surface area contributed by atoms with E-state index in [0.717, 1.165) is 17.3 Å². The molecule has 20 heavy (non-hydrogen) atoms. The molecule has 0 saturated carbocycles. The smallest absolute Gasteiger partial charge is 0.328 e. The highest BCUT2D eigenvalue weighted by atomic mass is 35.5. The number of aromatic nitrogens is 1. The number of carboxylic acid groups (broad SMARTS) is 1. The zero-order valence-electron chi connectivity index (χ0n) is 11.0. The Labute approximate surface area is 126 Å². The average Bonchev–Trinajstić information content (AvgIpc) is 2.34. The predicted molar refractivity (Wildman–Crippen MR) is 82.5 cm³/mol. The predicted octanol–water partition coefficient (Wildman–Crippen LogP) is 4.76. The lowest BCUT2D eigenvalue weighted by Gasteiger charge is -2.11. The molecule has 0 amide bonds. The number of aliphatic carboxylic acids is 1. The molecule has 3 nitrogen and oxygen atoms in total. The quantitative estimate of drug-likeness (QED) is 0.831. The number of halogens is 2. The average molecular weight is 310 g/mol. The first kappa shape index (κ1) is 14.8. The first-order valence-electron chi connectivity index (χ1n) is 6.09. The van der Waals surface area contributed by atoms with E-state index in [1.807, 2.05) is 19.9 Å². The van der Waals surface area contributed by atoms with Crippen LogP contribution in [0.3, 0.4) is 0 Å². The van der Waals surface area contributed by atoms with Crippen LogP contribution in [0.4, 0.5) is 0 Å². The number of hydrogen-bond acceptors (Lipinski definition) is 2. The highest BCUT2D eigenvalue weighted by Gasteiger charge is 2.11. The molecule has 0 aliphatic heterocycles. The fraction of sp³-hybridized carbons (Fsp3) is 0.200. The second-order valence-corrected chi connectivity index (χ2v) is 5.59. The molecule has 5 heteroatoms. The Morgan fingerprint density at radius 2 is 2.00 bits per heavy atom. The molecule has 0 spiro atoms. The molecule has 1 N–H and O–H groups in total. The zero-order chi connectivity index (χ0) is 14.9. The molecule has 0 fully saturated rings. The monoisotopic (exact) mass is 309 g/mol. The van der Waals surface area contributed by atoms with Gasteiger partial charge in [0.05, 0.1) is 10.5 Å². The summed E-state index contributed by atoms with van der Waals surface area (Å²) >= 11 is 12.2. The van der Waals surface area contributed by atoms with Gasteiger partial charge in [-0.05, 0) is 35.8 Å². The molecule has 0 radical (unpaired) electrons. The van der Waals surface area contributed by atoms with E-state index in [1.165, 1.54) is 6.08 Å². The fourth-order valence-corrected chi connectivity index (χ4v) is 2.52. The Bertz CT molecular complexity index is 709. The largest absolute Gasteiger partial charge is 0.478 e. The molecule has 0 aliphatic rings. The second kappa shape index (κ2) is 5.81. The summed E-state index contributed by atoms with van der Waals surface area (Å²) in [5.41, 5.74) is 2.25. The number of fused-ring (bicyclic) bond motifs is 1. The Morgan fingerprint density at radius 3 is 2.60 bits per heavy atom. The normalized spacial score (nSPS) is 11.7. The standard InChI is InChI=1S/C15H13Cl2NO2/c1-8(2)12-5-9(3-4-14(19)20)15-11(17)6-10(16)7-13(15)18-12/h3-8H,1-2H3,(H,19,20)/b4-3+. The van der Waals surface area contributed by atoms with Gasteiger partial charge in [0.1, 0.15) is 0 Å². The van der Waals surface area contributed by atoms with Gasteiger partial charge in [0.2, 0.25) is 0 Å². The molecule has 0 unspecified atom stereocenters. The third-order valence-corrected chi connectivity index (χ3v) is 3.39. The van der Waals surface area contributed by atoms with Gasteiger partial charge < -0.3 is 5.11 Å². The van der Waals surface area contributed by atoms with Crippen molar-refractivity contribution in [2.24, 2.45) is 0 Å². The van der Waals surface area contributed by atoms with Crippen LogP contribution in [0.5, 0.6) is 0 Å². The van der Waals surface area contributed by atoms with Crippen molar-refractivity contribution < 1.29 is 9.90 Å². The SMILES string of the molecule is CC(C)c1cc(/C=C/C(=O)O)c2c(Cl)cc(Cl)cc2n1. The van der Waals surface area contributed by atoms with E-state index in [2.05, 4.69) is 4.98 Å². The van der Waals surface area contributed by atoms with Crippen molar-refractivity contribution in [3.05, 3.63) is 45.6 Å². The summed E-state index contributed by atoms with van der Waals surface area (Å²) in [6.45, 7) is 4.04. The number of rotatable bonds is 3. The van der Waals surface area contributed by atoms with Gasteiger partial charge in [-0.1, -0.05) is 37.0 Å². The van der Waals surface area contributed by atoms with Crippen molar-refractivity contribution >= 4 is 46.2 Å². The van der Waals surface area contributed by atoms with E-state index in [0.29, 0.717) is 20.9 Å². The number of hydrogen-bond donors (Lipinski definition) is 1. The Hall–Kier alpha value is -1.58. The van der Waals surface area contributed by atoms with Crippen LogP contribution < -0.4 is 0 Å². The molecule has 0 saturated heterocycles.